The van der Waals surface area contributed by atoms with Gasteiger partial charge in [-0.25, -0.2) is 0 Å². The normalized spacial score (nSPS) is 23.2. The van der Waals surface area contributed by atoms with E-state index in [1.54, 1.807) is 14.2 Å². The zero-order valence-corrected chi connectivity index (χ0v) is 12.6. The number of halogens is 1. The SMILES string of the molecule is COc1cc(Br)c2c(c1OC)C(O)CC(C)CC2. The molecule has 0 aromatic heterocycles. The number of benzene rings is 1. The van der Waals surface area contributed by atoms with Gasteiger partial charge in [0.2, 0.25) is 0 Å². The van der Waals surface area contributed by atoms with E-state index in [2.05, 4.69) is 22.9 Å². The summed E-state index contributed by atoms with van der Waals surface area (Å²) in [6.07, 6.45) is 2.31. The Morgan fingerprint density at radius 3 is 2.67 bits per heavy atom. The third-order valence-electron chi connectivity index (χ3n) is 3.61. The first-order valence-electron chi connectivity index (χ1n) is 6.19. The lowest BCUT2D eigenvalue weighted by Crippen LogP contribution is -2.06. The zero-order valence-electron chi connectivity index (χ0n) is 11.0. The van der Waals surface area contributed by atoms with Crippen molar-refractivity contribution >= 4 is 15.9 Å². The highest BCUT2D eigenvalue weighted by atomic mass is 79.9. The van der Waals surface area contributed by atoms with E-state index in [1.165, 1.54) is 0 Å². The summed E-state index contributed by atoms with van der Waals surface area (Å²) in [7, 11) is 3.23. The van der Waals surface area contributed by atoms with Crippen LogP contribution in [0.1, 0.15) is 37.0 Å². The Balaban J connectivity index is 2.62. The molecule has 2 atom stereocenters. The fraction of sp³-hybridized carbons (Fsp3) is 0.571. The molecule has 0 heterocycles. The van der Waals surface area contributed by atoms with Crippen molar-refractivity contribution in [3.63, 3.8) is 0 Å². The molecule has 1 N–H and O–H groups in total. The van der Waals surface area contributed by atoms with Crippen molar-refractivity contribution in [3.05, 3.63) is 21.7 Å². The van der Waals surface area contributed by atoms with E-state index in [-0.39, 0.29) is 0 Å². The molecule has 3 nitrogen and oxygen atoms in total. The summed E-state index contributed by atoms with van der Waals surface area (Å²) in [5, 5.41) is 10.4. The lowest BCUT2D eigenvalue weighted by atomic mass is 9.98. The summed E-state index contributed by atoms with van der Waals surface area (Å²) in [5.74, 6) is 1.84. The van der Waals surface area contributed by atoms with Crippen molar-refractivity contribution in [1.82, 2.24) is 0 Å². The molecule has 0 saturated carbocycles. The van der Waals surface area contributed by atoms with Gasteiger partial charge in [-0.3, -0.25) is 0 Å². The predicted octanol–water partition coefficient (Wildman–Crippen LogP) is 3.47. The Morgan fingerprint density at radius 1 is 1.33 bits per heavy atom. The second-order valence-corrected chi connectivity index (χ2v) is 5.74. The third-order valence-corrected chi connectivity index (χ3v) is 4.32. The highest BCUT2D eigenvalue weighted by molar-refractivity contribution is 9.10. The second kappa shape index (κ2) is 5.49. The highest BCUT2D eigenvalue weighted by Crippen LogP contribution is 2.45. The van der Waals surface area contributed by atoms with Gasteiger partial charge in [-0.15, -0.1) is 0 Å². The molecule has 0 radical (unpaired) electrons. The minimum atomic E-state index is -0.487. The quantitative estimate of drug-likeness (QED) is 0.849. The van der Waals surface area contributed by atoms with Crippen molar-refractivity contribution < 1.29 is 14.6 Å². The number of hydrogen-bond acceptors (Lipinski definition) is 3. The molecule has 0 amide bonds. The molecule has 0 bridgehead atoms. The number of ether oxygens (including phenoxy) is 2. The number of fused-ring (bicyclic) bond motifs is 1. The van der Waals surface area contributed by atoms with E-state index in [0.717, 1.165) is 34.9 Å². The van der Waals surface area contributed by atoms with Gasteiger partial charge in [-0.05, 0) is 36.8 Å². The topological polar surface area (TPSA) is 38.7 Å². The standard InChI is InChI=1S/C14H19BrO3/c1-8-4-5-9-10(15)7-12(17-2)14(18-3)13(9)11(16)6-8/h7-8,11,16H,4-6H2,1-3H3. The van der Waals surface area contributed by atoms with Crippen LogP contribution in [-0.4, -0.2) is 19.3 Å². The molecule has 2 unspecified atom stereocenters. The number of rotatable bonds is 2. The fourth-order valence-corrected chi connectivity index (χ4v) is 3.26. The zero-order chi connectivity index (χ0) is 13.3. The summed E-state index contributed by atoms with van der Waals surface area (Å²) in [5.41, 5.74) is 2.03. The average molecular weight is 315 g/mol. The lowest BCUT2D eigenvalue weighted by Gasteiger charge is -2.20. The van der Waals surface area contributed by atoms with Crippen molar-refractivity contribution in [3.8, 4) is 11.5 Å². The molecule has 1 aliphatic rings. The van der Waals surface area contributed by atoms with Gasteiger partial charge in [0, 0.05) is 10.0 Å². The van der Waals surface area contributed by atoms with Gasteiger partial charge in [0.1, 0.15) is 0 Å². The smallest absolute Gasteiger partial charge is 0.166 e. The van der Waals surface area contributed by atoms with E-state index < -0.39 is 6.10 Å². The van der Waals surface area contributed by atoms with Crippen LogP contribution in [0, 0.1) is 5.92 Å². The minimum Gasteiger partial charge on any atom is -0.493 e. The van der Waals surface area contributed by atoms with Crippen molar-refractivity contribution in [2.75, 3.05) is 14.2 Å². The van der Waals surface area contributed by atoms with Gasteiger partial charge in [0.05, 0.1) is 20.3 Å². The highest BCUT2D eigenvalue weighted by Gasteiger charge is 2.28. The maximum absolute atomic E-state index is 10.4. The van der Waals surface area contributed by atoms with Crippen LogP contribution in [0.4, 0.5) is 0 Å². The van der Waals surface area contributed by atoms with Crippen LogP contribution in [0.3, 0.4) is 0 Å². The number of aliphatic hydroxyl groups is 1. The van der Waals surface area contributed by atoms with Crippen molar-refractivity contribution in [1.29, 1.82) is 0 Å². The lowest BCUT2D eigenvalue weighted by molar-refractivity contribution is 0.145. The van der Waals surface area contributed by atoms with Gasteiger partial charge < -0.3 is 14.6 Å². The van der Waals surface area contributed by atoms with Crippen LogP contribution in [0.2, 0.25) is 0 Å². The largest absolute Gasteiger partial charge is 0.493 e. The van der Waals surface area contributed by atoms with Gasteiger partial charge in [0.25, 0.3) is 0 Å². The molecule has 1 aromatic rings. The van der Waals surface area contributed by atoms with Crippen LogP contribution >= 0.6 is 15.9 Å². The molecular formula is C14H19BrO3. The molecule has 0 fully saturated rings. The first-order valence-corrected chi connectivity index (χ1v) is 6.99. The van der Waals surface area contributed by atoms with Crippen LogP contribution < -0.4 is 9.47 Å². The molecule has 1 aromatic carbocycles. The number of methoxy groups -OCH3 is 2. The molecule has 0 saturated heterocycles. The molecule has 0 aliphatic heterocycles. The number of hydrogen-bond donors (Lipinski definition) is 1. The molecule has 0 spiro atoms. The third kappa shape index (κ3) is 2.36. The second-order valence-electron chi connectivity index (χ2n) is 4.88. The molecule has 4 heteroatoms. The molecule has 18 heavy (non-hydrogen) atoms. The maximum atomic E-state index is 10.4. The number of aliphatic hydroxyl groups excluding tert-OH is 1. The molecule has 100 valence electrons. The van der Waals surface area contributed by atoms with Crippen molar-refractivity contribution in [2.24, 2.45) is 5.92 Å². The van der Waals surface area contributed by atoms with Gasteiger partial charge >= 0.3 is 0 Å². The molecule has 1 aliphatic carbocycles. The summed E-state index contributed by atoms with van der Waals surface area (Å²) >= 11 is 3.57. The Bertz CT molecular complexity index is 445. The average Bonchev–Trinajstić information content (AvgIpc) is 2.49. The van der Waals surface area contributed by atoms with E-state index >= 15 is 0 Å². The first-order chi connectivity index (χ1) is 8.58. The maximum Gasteiger partial charge on any atom is 0.166 e. The monoisotopic (exact) mass is 314 g/mol. The predicted molar refractivity (Wildman–Crippen MR) is 74.3 cm³/mol. The Morgan fingerprint density at radius 2 is 2.06 bits per heavy atom. The Labute approximate surface area is 116 Å². The van der Waals surface area contributed by atoms with E-state index in [4.69, 9.17) is 9.47 Å². The molecule has 2 rings (SSSR count). The summed E-state index contributed by atoms with van der Waals surface area (Å²) < 4.78 is 11.8. The van der Waals surface area contributed by atoms with Crippen LogP contribution in [0.5, 0.6) is 11.5 Å². The van der Waals surface area contributed by atoms with E-state index in [1.807, 2.05) is 6.07 Å². The van der Waals surface area contributed by atoms with Crippen molar-refractivity contribution in [2.45, 2.75) is 32.3 Å². The Kier molecular flexibility index (Phi) is 4.17. The van der Waals surface area contributed by atoms with Gasteiger partial charge in [-0.1, -0.05) is 22.9 Å². The van der Waals surface area contributed by atoms with E-state index in [0.29, 0.717) is 17.4 Å². The van der Waals surface area contributed by atoms with E-state index in [9.17, 15) is 5.11 Å². The van der Waals surface area contributed by atoms with Gasteiger partial charge in [-0.2, -0.15) is 0 Å². The minimum absolute atomic E-state index is 0.487. The van der Waals surface area contributed by atoms with Crippen LogP contribution in [0.15, 0.2) is 10.5 Å². The molecular weight excluding hydrogens is 296 g/mol. The van der Waals surface area contributed by atoms with Gasteiger partial charge in [0.15, 0.2) is 11.5 Å². The van der Waals surface area contributed by atoms with Crippen LogP contribution in [0.25, 0.3) is 0 Å². The summed E-state index contributed by atoms with van der Waals surface area (Å²) in [6.45, 7) is 2.17. The first kappa shape index (κ1) is 13.7. The summed E-state index contributed by atoms with van der Waals surface area (Å²) in [6, 6.07) is 1.92. The van der Waals surface area contributed by atoms with Crippen LogP contribution in [-0.2, 0) is 6.42 Å². The summed E-state index contributed by atoms with van der Waals surface area (Å²) in [4.78, 5) is 0. The fourth-order valence-electron chi connectivity index (χ4n) is 2.64. The Hall–Kier alpha value is -0.740.